The minimum Gasteiger partial charge on any atom is -0.493 e. The summed E-state index contributed by atoms with van der Waals surface area (Å²) in [6, 6.07) is 14.2. The van der Waals surface area contributed by atoms with Gasteiger partial charge in [0.25, 0.3) is 0 Å². The highest BCUT2D eigenvalue weighted by Gasteiger charge is 2.23. The van der Waals surface area contributed by atoms with Crippen molar-refractivity contribution in [3.05, 3.63) is 70.2 Å². The van der Waals surface area contributed by atoms with Crippen molar-refractivity contribution < 1.29 is 14.6 Å². The second kappa shape index (κ2) is 9.47. The first-order valence-corrected chi connectivity index (χ1v) is 10.9. The van der Waals surface area contributed by atoms with Crippen LogP contribution < -0.4 is 14.4 Å². The van der Waals surface area contributed by atoms with Crippen molar-refractivity contribution in [1.29, 1.82) is 0 Å². The number of hydrogen-bond acceptors (Lipinski definition) is 7. The molecule has 3 aromatic rings. The van der Waals surface area contributed by atoms with E-state index in [4.69, 9.17) is 9.47 Å². The van der Waals surface area contributed by atoms with Gasteiger partial charge in [-0.15, -0.1) is 11.3 Å². The highest BCUT2D eigenvalue weighted by Crippen LogP contribution is 2.32. The van der Waals surface area contributed by atoms with E-state index in [-0.39, 0.29) is 0 Å². The van der Waals surface area contributed by atoms with Crippen LogP contribution in [-0.4, -0.2) is 55.4 Å². The zero-order valence-electron chi connectivity index (χ0n) is 17.3. The van der Waals surface area contributed by atoms with Crippen molar-refractivity contribution >= 4 is 17.0 Å². The number of piperazine rings is 1. The molecule has 158 valence electrons. The van der Waals surface area contributed by atoms with Crippen LogP contribution in [-0.2, 0) is 6.54 Å². The van der Waals surface area contributed by atoms with Gasteiger partial charge >= 0.3 is 0 Å². The molecule has 2 aromatic carbocycles. The number of anilines is 1. The van der Waals surface area contributed by atoms with E-state index in [9.17, 15) is 5.11 Å². The lowest BCUT2D eigenvalue weighted by Gasteiger charge is -2.37. The fraction of sp³-hybridized carbons (Fsp3) is 0.348. The van der Waals surface area contributed by atoms with Crippen LogP contribution in [0, 0.1) is 0 Å². The first kappa shape index (κ1) is 20.7. The van der Waals surface area contributed by atoms with Crippen LogP contribution in [0.25, 0.3) is 0 Å². The molecule has 0 radical (unpaired) electrons. The number of aliphatic hydroxyl groups is 1. The number of thiazole rings is 1. The number of rotatable bonds is 7. The van der Waals surface area contributed by atoms with Crippen molar-refractivity contribution in [2.45, 2.75) is 12.6 Å². The van der Waals surface area contributed by atoms with Crippen molar-refractivity contribution in [3.8, 4) is 11.5 Å². The van der Waals surface area contributed by atoms with Crippen LogP contribution in [0.1, 0.15) is 22.2 Å². The summed E-state index contributed by atoms with van der Waals surface area (Å²) in [5.41, 5.74) is 3.22. The van der Waals surface area contributed by atoms with Gasteiger partial charge in [-0.2, -0.15) is 0 Å². The van der Waals surface area contributed by atoms with Gasteiger partial charge in [0.1, 0.15) is 11.1 Å². The number of para-hydroxylation sites is 1. The van der Waals surface area contributed by atoms with Crippen LogP contribution in [0.2, 0.25) is 0 Å². The van der Waals surface area contributed by atoms with Crippen LogP contribution >= 0.6 is 11.3 Å². The molecule has 7 heteroatoms. The normalized spacial score (nSPS) is 15.8. The fourth-order valence-corrected chi connectivity index (χ4v) is 4.53. The minimum atomic E-state index is -0.689. The van der Waals surface area contributed by atoms with E-state index < -0.39 is 6.10 Å². The molecule has 1 aromatic heterocycles. The Bertz CT molecular complexity index is 956. The second-order valence-corrected chi connectivity index (χ2v) is 8.21. The number of methoxy groups -OCH3 is 2. The molecule has 6 nitrogen and oxygen atoms in total. The molecule has 0 aliphatic carbocycles. The summed E-state index contributed by atoms with van der Waals surface area (Å²) in [6.07, 6.45) is 1.05. The van der Waals surface area contributed by atoms with Gasteiger partial charge in [-0.1, -0.05) is 24.3 Å². The molecule has 1 aliphatic rings. The highest BCUT2D eigenvalue weighted by molar-refractivity contribution is 7.09. The van der Waals surface area contributed by atoms with E-state index in [0.717, 1.165) is 60.5 Å². The Morgan fingerprint density at radius 1 is 1.03 bits per heavy atom. The minimum absolute atomic E-state index is 0.689. The Balaban J connectivity index is 1.42. The molecule has 0 bridgehead atoms. The molecular formula is C23H27N3O3S. The number of aromatic nitrogens is 1. The molecule has 2 heterocycles. The SMILES string of the molecule is COc1ccc(CN2CCN(c3ccccc3C(O)c3nccs3)CC2)cc1OC. The Morgan fingerprint density at radius 3 is 2.50 bits per heavy atom. The first-order valence-electron chi connectivity index (χ1n) is 10.0. The lowest BCUT2D eigenvalue weighted by molar-refractivity contribution is 0.218. The Kier molecular flexibility index (Phi) is 6.52. The second-order valence-electron chi connectivity index (χ2n) is 7.28. The monoisotopic (exact) mass is 425 g/mol. The summed E-state index contributed by atoms with van der Waals surface area (Å²) < 4.78 is 10.8. The molecule has 0 amide bonds. The molecule has 0 saturated carbocycles. The molecule has 0 spiro atoms. The zero-order chi connectivity index (χ0) is 20.9. The lowest BCUT2D eigenvalue weighted by Crippen LogP contribution is -2.46. The molecular weight excluding hydrogens is 398 g/mol. The maximum atomic E-state index is 10.8. The summed E-state index contributed by atoms with van der Waals surface area (Å²) in [6.45, 7) is 4.60. The Hall–Kier alpha value is -2.61. The third kappa shape index (κ3) is 4.43. The predicted octanol–water partition coefficient (Wildman–Crippen LogP) is 3.56. The maximum absolute atomic E-state index is 10.8. The van der Waals surface area contributed by atoms with Crippen molar-refractivity contribution in [1.82, 2.24) is 9.88 Å². The molecule has 4 rings (SSSR count). The molecule has 1 N–H and O–H groups in total. The van der Waals surface area contributed by atoms with Crippen LogP contribution in [0.3, 0.4) is 0 Å². The van der Waals surface area contributed by atoms with Gasteiger partial charge in [-0.05, 0) is 23.8 Å². The van der Waals surface area contributed by atoms with Gasteiger partial charge < -0.3 is 19.5 Å². The van der Waals surface area contributed by atoms with Gasteiger partial charge in [-0.3, -0.25) is 4.90 Å². The van der Waals surface area contributed by atoms with E-state index in [1.807, 2.05) is 35.7 Å². The summed E-state index contributed by atoms with van der Waals surface area (Å²) in [4.78, 5) is 9.09. The van der Waals surface area contributed by atoms with Crippen LogP contribution in [0.15, 0.2) is 54.0 Å². The summed E-state index contributed by atoms with van der Waals surface area (Å²) >= 11 is 1.48. The van der Waals surface area contributed by atoms with E-state index in [1.165, 1.54) is 16.9 Å². The van der Waals surface area contributed by atoms with E-state index in [2.05, 4.69) is 26.9 Å². The van der Waals surface area contributed by atoms with Gasteiger partial charge in [-0.25, -0.2) is 4.98 Å². The topological polar surface area (TPSA) is 58.1 Å². The Morgan fingerprint density at radius 2 is 1.80 bits per heavy atom. The molecule has 1 fully saturated rings. The zero-order valence-corrected chi connectivity index (χ0v) is 18.1. The van der Waals surface area contributed by atoms with Crippen molar-refractivity contribution in [2.24, 2.45) is 0 Å². The van der Waals surface area contributed by atoms with E-state index in [0.29, 0.717) is 0 Å². The molecule has 1 unspecified atom stereocenters. The first-order chi connectivity index (χ1) is 14.7. The number of nitrogens with zero attached hydrogens (tertiary/aromatic N) is 3. The van der Waals surface area contributed by atoms with Gasteiger partial charge in [0.2, 0.25) is 0 Å². The van der Waals surface area contributed by atoms with Crippen LogP contribution in [0.4, 0.5) is 5.69 Å². The lowest BCUT2D eigenvalue weighted by atomic mass is 10.1. The third-order valence-electron chi connectivity index (χ3n) is 5.48. The van der Waals surface area contributed by atoms with Crippen molar-refractivity contribution in [3.63, 3.8) is 0 Å². The summed E-state index contributed by atoms with van der Waals surface area (Å²) in [7, 11) is 3.32. The average molecular weight is 426 g/mol. The van der Waals surface area contributed by atoms with Gasteiger partial charge in [0.15, 0.2) is 11.5 Å². The third-order valence-corrected chi connectivity index (χ3v) is 6.31. The predicted molar refractivity (Wildman–Crippen MR) is 120 cm³/mol. The Labute approximate surface area is 181 Å². The highest BCUT2D eigenvalue weighted by atomic mass is 32.1. The van der Waals surface area contributed by atoms with Gasteiger partial charge in [0.05, 0.1) is 14.2 Å². The number of aliphatic hydroxyl groups excluding tert-OH is 1. The quantitative estimate of drug-likeness (QED) is 0.625. The maximum Gasteiger partial charge on any atom is 0.161 e. The number of hydrogen-bond donors (Lipinski definition) is 1. The van der Waals surface area contributed by atoms with Crippen molar-refractivity contribution in [2.75, 3.05) is 45.3 Å². The number of ether oxygens (including phenoxy) is 2. The number of benzene rings is 2. The van der Waals surface area contributed by atoms with Crippen LogP contribution in [0.5, 0.6) is 11.5 Å². The summed E-state index contributed by atoms with van der Waals surface area (Å²) in [5, 5.41) is 13.4. The molecule has 1 atom stereocenters. The van der Waals surface area contributed by atoms with E-state index in [1.54, 1.807) is 20.4 Å². The molecule has 1 saturated heterocycles. The summed E-state index contributed by atoms with van der Waals surface area (Å²) in [5.74, 6) is 1.51. The van der Waals surface area contributed by atoms with E-state index >= 15 is 0 Å². The van der Waals surface area contributed by atoms with Gasteiger partial charge in [0, 0.05) is 55.6 Å². The largest absolute Gasteiger partial charge is 0.493 e. The smallest absolute Gasteiger partial charge is 0.161 e. The molecule has 30 heavy (non-hydrogen) atoms. The standard InChI is InChI=1S/C23H27N3O3S/c1-28-20-8-7-17(15-21(20)29-2)16-25-10-12-26(13-11-25)19-6-4-3-5-18(19)22(27)23-24-9-14-30-23/h3-9,14-15,22,27H,10-13,16H2,1-2H3. The molecule has 1 aliphatic heterocycles. The fourth-order valence-electron chi connectivity index (χ4n) is 3.89. The average Bonchev–Trinajstić information content (AvgIpc) is 3.34.